The number of rotatable bonds is 3. The summed E-state index contributed by atoms with van der Waals surface area (Å²) in [5.41, 5.74) is 0.794. The average Bonchev–Trinajstić information content (AvgIpc) is 2.73. The van der Waals surface area contributed by atoms with Crippen LogP contribution in [-0.2, 0) is 11.2 Å². The Kier molecular flexibility index (Phi) is 2.65. The highest BCUT2D eigenvalue weighted by Gasteiger charge is 2.32. The van der Waals surface area contributed by atoms with Gasteiger partial charge in [0.15, 0.2) is 5.13 Å². The SMILES string of the molecule is CCN(C)c1nc2c(s1)CCC2C(=O)O. The summed E-state index contributed by atoms with van der Waals surface area (Å²) in [6.45, 7) is 2.95. The molecule has 1 aliphatic carbocycles. The van der Waals surface area contributed by atoms with E-state index < -0.39 is 5.97 Å². The lowest BCUT2D eigenvalue weighted by Crippen LogP contribution is -2.16. The Morgan fingerprint density at radius 2 is 2.47 bits per heavy atom. The molecule has 0 spiro atoms. The zero-order valence-electron chi connectivity index (χ0n) is 8.86. The number of carbonyl (C=O) groups is 1. The number of thiazole rings is 1. The maximum Gasteiger partial charge on any atom is 0.312 e. The summed E-state index contributed by atoms with van der Waals surface area (Å²) in [5.74, 6) is -1.12. The number of nitrogens with zero attached hydrogens (tertiary/aromatic N) is 2. The molecule has 0 fully saturated rings. The second-order valence-electron chi connectivity index (χ2n) is 3.75. The largest absolute Gasteiger partial charge is 0.481 e. The average molecular weight is 226 g/mol. The Morgan fingerprint density at radius 1 is 1.73 bits per heavy atom. The molecule has 0 aromatic carbocycles. The fraction of sp³-hybridized carbons (Fsp3) is 0.600. The summed E-state index contributed by atoms with van der Waals surface area (Å²) >= 11 is 1.63. The third kappa shape index (κ3) is 1.71. The van der Waals surface area contributed by atoms with E-state index in [1.54, 1.807) is 11.3 Å². The number of carboxylic acid groups (broad SMARTS) is 1. The molecule has 15 heavy (non-hydrogen) atoms. The van der Waals surface area contributed by atoms with Crippen LogP contribution in [0, 0.1) is 0 Å². The van der Waals surface area contributed by atoms with E-state index in [1.807, 2.05) is 11.9 Å². The molecule has 0 saturated heterocycles. The summed E-state index contributed by atoms with van der Waals surface area (Å²) in [6.07, 6.45) is 1.57. The standard InChI is InChI=1S/C10H14N2O2S/c1-3-12(2)10-11-8-6(9(13)14)4-5-7(8)15-10/h6H,3-5H2,1-2H3,(H,13,14). The smallest absolute Gasteiger partial charge is 0.312 e. The van der Waals surface area contributed by atoms with Crippen molar-refractivity contribution in [3.8, 4) is 0 Å². The van der Waals surface area contributed by atoms with Gasteiger partial charge in [0.25, 0.3) is 0 Å². The molecule has 0 saturated carbocycles. The molecule has 2 rings (SSSR count). The van der Waals surface area contributed by atoms with Crippen LogP contribution in [0.3, 0.4) is 0 Å². The fourth-order valence-electron chi connectivity index (χ4n) is 1.75. The van der Waals surface area contributed by atoms with Crippen LogP contribution in [0.2, 0.25) is 0 Å². The second kappa shape index (κ2) is 3.81. The molecule has 82 valence electrons. The maximum atomic E-state index is 11.0. The second-order valence-corrected chi connectivity index (χ2v) is 4.81. The molecular formula is C10H14N2O2S. The van der Waals surface area contributed by atoms with Gasteiger partial charge in [0.2, 0.25) is 0 Å². The van der Waals surface area contributed by atoms with Gasteiger partial charge in [-0.05, 0) is 19.8 Å². The van der Waals surface area contributed by atoms with E-state index in [9.17, 15) is 4.79 Å². The van der Waals surface area contributed by atoms with Crippen LogP contribution in [0.4, 0.5) is 5.13 Å². The third-order valence-electron chi connectivity index (χ3n) is 2.81. The van der Waals surface area contributed by atoms with Gasteiger partial charge < -0.3 is 10.0 Å². The Hall–Kier alpha value is -1.10. The summed E-state index contributed by atoms with van der Waals surface area (Å²) < 4.78 is 0. The van der Waals surface area contributed by atoms with Gasteiger partial charge in [-0.25, -0.2) is 4.98 Å². The number of anilines is 1. The van der Waals surface area contributed by atoms with E-state index in [2.05, 4.69) is 11.9 Å². The summed E-state index contributed by atoms with van der Waals surface area (Å²) in [7, 11) is 1.98. The lowest BCUT2D eigenvalue weighted by molar-refractivity contribution is -0.138. The van der Waals surface area contributed by atoms with Crippen LogP contribution in [0.1, 0.15) is 29.8 Å². The number of carboxylic acids is 1. The summed E-state index contributed by atoms with van der Waals surface area (Å²) in [5, 5.41) is 9.95. The van der Waals surface area contributed by atoms with Crippen molar-refractivity contribution in [1.82, 2.24) is 4.98 Å². The molecule has 0 bridgehead atoms. The molecule has 0 radical (unpaired) electrons. The summed E-state index contributed by atoms with van der Waals surface area (Å²) in [4.78, 5) is 18.6. The molecule has 1 aromatic heterocycles. The number of aromatic nitrogens is 1. The maximum absolute atomic E-state index is 11.0. The Morgan fingerprint density at radius 3 is 3.07 bits per heavy atom. The van der Waals surface area contributed by atoms with Gasteiger partial charge in [-0.15, -0.1) is 11.3 Å². The van der Waals surface area contributed by atoms with Gasteiger partial charge in [-0.1, -0.05) is 0 Å². The molecular weight excluding hydrogens is 212 g/mol. The van der Waals surface area contributed by atoms with Crippen molar-refractivity contribution in [3.05, 3.63) is 10.6 Å². The molecule has 1 unspecified atom stereocenters. The molecule has 1 heterocycles. The quantitative estimate of drug-likeness (QED) is 0.852. The van der Waals surface area contributed by atoms with E-state index >= 15 is 0 Å². The number of hydrogen-bond acceptors (Lipinski definition) is 4. The first-order valence-electron chi connectivity index (χ1n) is 5.07. The lowest BCUT2D eigenvalue weighted by Gasteiger charge is -2.12. The van der Waals surface area contributed by atoms with E-state index in [4.69, 9.17) is 5.11 Å². The van der Waals surface area contributed by atoms with Crippen LogP contribution in [-0.4, -0.2) is 29.7 Å². The first-order valence-corrected chi connectivity index (χ1v) is 5.88. The minimum absolute atomic E-state index is 0.379. The van der Waals surface area contributed by atoms with Gasteiger partial charge in [-0.3, -0.25) is 4.79 Å². The predicted molar refractivity (Wildman–Crippen MR) is 59.8 cm³/mol. The van der Waals surface area contributed by atoms with Gasteiger partial charge in [0.05, 0.1) is 5.69 Å². The van der Waals surface area contributed by atoms with E-state index in [0.717, 1.165) is 28.7 Å². The first kappa shape index (κ1) is 10.4. The minimum Gasteiger partial charge on any atom is -0.481 e. The number of hydrogen-bond donors (Lipinski definition) is 1. The van der Waals surface area contributed by atoms with Gasteiger partial charge >= 0.3 is 5.97 Å². The molecule has 0 aliphatic heterocycles. The van der Waals surface area contributed by atoms with Crippen molar-refractivity contribution in [2.75, 3.05) is 18.5 Å². The number of aliphatic carboxylic acids is 1. The Balaban J connectivity index is 2.30. The zero-order chi connectivity index (χ0) is 11.0. The van der Waals surface area contributed by atoms with Crippen LogP contribution < -0.4 is 4.90 Å². The fourth-order valence-corrected chi connectivity index (χ4v) is 2.91. The highest BCUT2D eigenvalue weighted by Crippen LogP contribution is 2.39. The molecule has 1 N–H and O–H groups in total. The molecule has 1 aromatic rings. The summed E-state index contributed by atoms with van der Waals surface area (Å²) in [6, 6.07) is 0. The molecule has 5 heteroatoms. The van der Waals surface area contributed by atoms with Gasteiger partial charge in [0.1, 0.15) is 5.92 Å². The Bertz CT molecular complexity index is 389. The number of aryl methyl sites for hydroxylation is 1. The first-order chi connectivity index (χ1) is 7.13. The topological polar surface area (TPSA) is 53.4 Å². The lowest BCUT2D eigenvalue weighted by atomic mass is 10.1. The third-order valence-corrected chi connectivity index (χ3v) is 4.05. The highest BCUT2D eigenvalue weighted by atomic mass is 32.1. The normalized spacial score (nSPS) is 18.9. The van der Waals surface area contributed by atoms with E-state index in [0.29, 0.717) is 6.42 Å². The molecule has 4 nitrogen and oxygen atoms in total. The minimum atomic E-state index is -0.746. The van der Waals surface area contributed by atoms with Crippen LogP contribution >= 0.6 is 11.3 Å². The monoisotopic (exact) mass is 226 g/mol. The van der Waals surface area contributed by atoms with Crippen molar-refractivity contribution in [2.45, 2.75) is 25.7 Å². The highest BCUT2D eigenvalue weighted by molar-refractivity contribution is 7.15. The van der Waals surface area contributed by atoms with Crippen molar-refractivity contribution in [1.29, 1.82) is 0 Å². The van der Waals surface area contributed by atoms with Crippen molar-refractivity contribution in [3.63, 3.8) is 0 Å². The van der Waals surface area contributed by atoms with Crippen molar-refractivity contribution in [2.24, 2.45) is 0 Å². The number of fused-ring (bicyclic) bond motifs is 1. The van der Waals surface area contributed by atoms with E-state index in [1.165, 1.54) is 0 Å². The van der Waals surface area contributed by atoms with Crippen LogP contribution in [0.15, 0.2) is 0 Å². The molecule has 1 aliphatic rings. The van der Waals surface area contributed by atoms with Crippen LogP contribution in [0.25, 0.3) is 0 Å². The van der Waals surface area contributed by atoms with Gasteiger partial charge in [-0.2, -0.15) is 0 Å². The van der Waals surface area contributed by atoms with Crippen LogP contribution in [0.5, 0.6) is 0 Å². The van der Waals surface area contributed by atoms with Crippen molar-refractivity contribution < 1.29 is 9.90 Å². The predicted octanol–water partition coefficient (Wildman–Crippen LogP) is 1.71. The van der Waals surface area contributed by atoms with E-state index in [-0.39, 0.29) is 5.92 Å². The Labute approximate surface area is 92.6 Å². The molecule has 1 atom stereocenters. The van der Waals surface area contributed by atoms with Crippen molar-refractivity contribution >= 4 is 22.4 Å². The molecule has 0 amide bonds. The zero-order valence-corrected chi connectivity index (χ0v) is 9.67. The van der Waals surface area contributed by atoms with Gasteiger partial charge in [0, 0.05) is 18.5 Å².